The van der Waals surface area contributed by atoms with E-state index in [2.05, 4.69) is 43.4 Å². The molecule has 0 aliphatic heterocycles. The molecule has 134 valence electrons. The molecule has 3 fully saturated rings. The summed E-state index contributed by atoms with van der Waals surface area (Å²) in [4.78, 5) is 11.9. The second kappa shape index (κ2) is 6.09. The minimum Gasteiger partial charge on any atom is -0.295 e. The third-order valence-electron chi connectivity index (χ3n) is 8.97. The molecule has 4 rings (SSSR count). The topological polar surface area (TPSA) is 17.1 Å². The van der Waals surface area contributed by atoms with Crippen LogP contribution < -0.4 is 0 Å². The molecule has 0 bridgehead atoms. The minimum atomic E-state index is 0.338. The van der Waals surface area contributed by atoms with Gasteiger partial charge in [-0.25, -0.2) is 0 Å². The lowest BCUT2D eigenvalue weighted by Gasteiger charge is -2.58. The van der Waals surface area contributed by atoms with Gasteiger partial charge in [-0.2, -0.15) is 0 Å². The highest BCUT2D eigenvalue weighted by atomic mass is 127. The van der Waals surface area contributed by atoms with Crippen molar-refractivity contribution in [1.82, 2.24) is 0 Å². The summed E-state index contributed by atoms with van der Waals surface area (Å²) in [6.07, 6.45) is 12.3. The van der Waals surface area contributed by atoms with E-state index in [1.54, 1.807) is 0 Å². The van der Waals surface area contributed by atoms with E-state index in [1.807, 2.05) is 6.08 Å². The Morgan fingerprint density at radius 3 is 2.67 bits per heavy atom. The van der Waals surface area contributed by atoms with Crippen LogP contribution >= 0.6 is 22.6 Å². The van der Waals surface area contributed by atoms with Crippen LogP contribution in [0, 0.1) is 40.4 Å². The molecule has 0 N–H and O–H groups in total. The van der Waals surface area contributed by atoms with Gasteiger partial charge in [-0.1, -0.05) is 48.9 Å². The molecule has 1 nitrogen and oxygen atoms in total. The van der Waals surface area contributed by atoms with Crippen molar-refractivity contribution < 1.29 is 4.79 Å². The largest absolute Gasteiger partial charge is 0.295 e. The number of hydrogen-bond donors (Lipinski definition) is 0. The molecule has 0 aromatic carbocycles. The fourth-order valence-electron chi connectivity index (χ4n) is 7.64. The molecule has 0 heterocycles. The molecule has 0 aromatic heterocycles. The van der Waals surface area contributed by atoms with E-state index in [4.69, 9.17) is 0 Å². The number of fused-ring (bicyclic) bond motifs is 5. The molecule has 0 radical (unpaired) electrons. The second-order valence-electron chi connectivity index (χ2n) is 9.83. The lowest BCUT2D eigenvalue weighted by Crippen LogP contribution is -2.51. The highest BCUT2D eigenvalue weighted by Crippen LogP contribution is 2.67. The number of allylic oxidation sites excluding steroid dienone is 1. The van der Waals surface area contributed by atoms with Gasteiger partial charge in [0.2, 0.25) is 0 Å². The van der Waals surface area contributed by atoms with Crippen molar-refractivity contribution in [2.24, 2.45) is 40.4 Å². The first kappa shape index (κ1) is 17.5. The van der Waals surface area contributed by atoms with Crippen LogP contribution in [0.3, 0.4) is 0 Å². The zero-order chi connectivity index (χ0) is 17.1. The summed E-state index contributed by atoms with van der Waals surface area (Å²) in [7, 11) is 0. The predicted octanol–water partition coefficient (Wildman–Crippen LogP) is 6.21. The molecular weight excluding hydrogens is 407 g/mol. The van der Waals surface area contributed by atoms with Crippen LogP contribution in [0.25, 0.3) is 0 Å². The molecule has 4 aliphatic carbocycles. The third-order valence-corrected chi connectivity index (χ3v) is 10.4. The summed E-state index contributed by atoms with van der Waals surface area (Å²) in [5, 5.41) is 0. The molecule has 24 heavy (non-hydrogen) atoms. The van der Waals surface area contributed by atoms with Gasteiger partial charge in [-0.15, -0.1) is 0 Å². The number of alkyl halides is 1. The number of carbonyl (C=O) groups excluding carboxylic acids is 1. The van der Waals surface area contributed by atoms with Crippen molar-refractivity contribution in [3.63, 3.8) is 0 Å². The quantitative estimate of drug-likeness (QED) is 0.369. The predicted molar refractivity (Wildman–Crippen MR) is 108 cm³/mol. The summed E-state index contributed by atoms with van der Waals surface area (Å²) in [6, 6.07) is 0. The maximum Gasteiger partial charge on any atom is 0.155 e. The molecular formula is C22H33IO. The van der Waals surface area contributed by atoms with Crippen LogP contribution in [-0.4, -0.2) is 10.2 Å². The highest BCUT2D eigenvalue weighted by Gasteiger charge is 2.59. The molecule has 0 aromatic rings. The number of hydrogen-bond acceptors (Lipinski definition) is 1. The van der Waals surface area contributed by atoms with Gasteiger partial charge in [0.1, 0.15) is 0 Å². The Morgan fingerprint density at radius 2 is 1.92 bits per heavy atom. The zero-order valence-electron chi connectivity index (χ0n) is 15.6. The summed E-state index contributed by atoms with van der Waals surface area (Å²) < 4.78 is 1.31. The number of rotatable bonds is 2. The van der Waals surface area contributed by atoms with Crippen LogP contribution in [0.5, 0.6) is 0 Å². The summed E-state index contributed by atoms with van der Waals surface area (Å²) in [6.45, 7) is 7.64. The van der Waals surface area contributed by atoms with Gasteiger partial charge >= 0.3 is 0 Å². The molecule has 3 saturated carbocycles. The Hall–Kier alpha value is 0.140. The van der Waals surface area contributed by atoms with Gasteiger partial charge in [-0.05, 0) is 91.4 Å². The molecule has 0 spiro atoms. The first-order valence-corrected chi connectivity index (χ1v) is 11.7. The molecule has 4 aliphatic rings. The molecule has 0 amide bonds. The van der Waals surface area contributed by atoms with E-state index in [1.165, 1.54) is 48.5 Å². The molecule has 7 atom stereocenters. The maximum absolute atomic E-state index is 11.9. The minimum absolute atomic E-state index is 0.338. The summed E-state index contributed by atoms with van der Waals surface area (Å²) in [5.74, 6) is 4.92. The SMILES string of the molecule is C[C@H](CI)[C@H]1CCC2C3CCC4=CC(=O)CC[C@]4(C)C3CC[C@@]21C. The van der Waals surface area contributed by atoms with E-state index < -0.39 is 0 Å². The van der Waals surface area contributed by atoms with Gasteiger partial charge in [-0.3, -0.25) is 4.79 Å². The fraction of sp³-hybridized carbons (Fsp3) is 0.864. The van der Waals surface area contributed by atoms with Crippen LogP contribution in [-0.2, 0) is 4.79 Å². The van der Waals surface area contributed by atoms with Gasteiger partial charge in [0, 0.05) is 10.8 Å². The summed E-state index contributed by atoms with van der Waals surface area (Å²) in [5.41, 5.74) is 2.44. The molecule has 0 saturated heterocycles. The van der Waals surface area contributed by atoms with E-state index in [-0.39, 0.29) is 0 Å². The Morgan fingerprint density at radius 1 is 1.12 bits per heavy atom. The maximum atomic E-state index is 11.9. The average Bonchev–Trinajstić information content (AvgIpc) is 2.92. The van der Waals surface area contributed by atoms with Crippen LogP contribution in [0.4, 0.5) is 0 Å². The van der Waals surface area contributed by atoms with E-state index in [0.29, 0.717) is 16.6 Å². The van der Waals surface area contributed by atoms with Crippen molar-refractivity contribution in [1.29, 1.82) is 0 Å². The van der Waals surface area contributed by atoms with Gasteiger partial charge < -0.3 is 0 Å². The second-order valence-corrected chi connectivity index (χ2v) is 10.7. The van der Waals surface area contributed by atoms with Crippen molar-refractivity contribution in [2.75, 3.05) is 4.43 Å². The Bertz CT molecular complexity index is 566. The van der Waals surface area contributed by atoms with Gasteiger partial charge in [0.15, 0.2) is 5.78 Å². The van der Waals surface area contributed by atoms with Crippen LogP contribution in [0.15, 0.2) is 11.6 Å². The smallest absolute Gasteiger partial charge is 0.155 e. The Balaban J connectivity index is 1.63. The van der Waals surface area contributed by atoms with Crippen molar-refractivity contribution in [2.45, 2.75) is 72.1 Å². The normalized spacial score (nSPS) is 49.0. The Kier molecular flexibility index (Phi) is 4.46. The standard InChI is InChI=1S/C22H33IO/c1-14(13-23)18-6-7-19-17-5-4-15-12-16(24)8-10-21(15,2)20(17)9-11-22(18,19)3/h12,14,17-20H,4-11,13H2,1-3H3/t14-,17?,18-,19?,20?,21+,22-/m1/s1. The van der Waals surface area contributed by atoms with Crippen LogP contribution in [0.1, 0.15) is 72.1 Å². The lowest BCUT2D eigenvalue weighted by molar-refractivity contribution is -0.117. The van der Waals surface area contributed by atoms with E-state index >= 15 is 0 Å². The van der Waals surface area contributed by atoms with Crippen LogP contribution in [0.2, 0.25) is 0 Å². The average molecular weight is 440 g/mol. The van der Waals surface area contributed by atoms with Gasteiger partial charge in [0.05, 0.1) is 0 Å². The monoisotopic (exact) mass is 440 g/mol. The van der Waals surface area contributed by atoms with E-state index in [9.17, 15) is 4.79 Å². The first-order valence-electron chi connectivity index (χ1n) is 10.2. The van der Waals surface area contributed by atoms with Gasteiger partial charge in [0.25, 0.3) is 0 Å². The number of carbonyl (C=O) groups is 1. The van der Waals surface area contributed by atoms with E-state index in [0.717, 1.165) is 42.4 Å². The summed E-state index contributed by atoms with van der Waals surface area (Å²) >= 11 is 2.60. The van der Waals surface area contributed by atoms with Crippen molar-refractivity contribution in [3.8, 4) is 0 Å². The first-order chi connectivity index (χ1) is 11.4. The fourth-order valence-corrected chi connectivity index (χ4v) is 8.26. The third kappa shape index (κ3) is 2.41. The number of ketones is 1. The molecule has 3 unspecified atom stereocenters. The molecule has 2 heteroatoms. The lowest BCUT2D eigenvalue weighted by atomic mass is 9.46. The number of halogens is 1. The Labute approximate surface area is 161 Å². The zero-order valence-corrected chi connectivity index (χ0v) is 17.8. The van der Waals surface area contributed by atoms with Crippen molar-refractivity contribution in [3.05, 3.63) is 11.6 Å². The highest BCUT2D eigenvalue weighted by molar-refractivity contribution is 14.1. The van der Waals surface area contributed by atoms with Crippen molar-refractivity contribution >= 4 is 28.4 Å².